The number of nitrogens with one attached hydrogen (secondary N) is 2. The number of rotatable bonds is 6. The summed E-state index contributed by atoms with van der Waals surface area (Å²) in [6.07, 6.45) is 3.67. The molecule has 140 valence electrons. The van der Waals surface area contributed by atoms with E-state index in [-0.39, 0.29) is 5.91 Å². The molecule has 2 heterocycles. The number of benzene rings is 2. The van der Waals surface area contributed by atoms with Crippen molar-refractivity contribution in [3.63, 3.8) is 0 Å². The molecule has 8 heteroatoms. The zero-order chi connectivity index (χ0) is 19.3. The van der Waals surface area contributed by atoms with Crippen LogP contribution < -0.4 is 5.32 Å². The highest BCUT2D eigenvalue weighted by Gasteiger charge is 2.11. The van der Waals surface area contributed by atoms with E-state index in [9.17, 15) is 4.79 Å². The minimum atomic E-state index is -0.120. The summed E-state index contributed by atoms with van der Waals surface area (Å²) in [4.78, 5) is 20.9. The first-order valence-electron chi connectivity index (χ1n) is 8.91. The van der Waals surface area contributed by atoms with Gasteiger partial charge in [-0.3, -0.25) is 9.89 Å². The molecule has 1 amide bonds. The molecule has 8 nitrogen and oxygen atoms in total. The van der Waals surface area contributed by atoms with E-state index in [1.54, 1.807) is 17.1 Å². The van der Waals surface area contributed by atoms with Crippen molar-refractivity contribution in [1.82, 2.24) is 35.3 Å². The Bertz CT molecular complexity index is 1070. The van der Waals surface area contributed by atoms with Gasteiger partial charge in [0.05, 0.1) is 5.69 Å². The van der Waals surface area contributed by atoms with E-state index in [1.807, 2.05) is 49.4 Å². The molecule has 4 rings (SSSR count). The number of nitrogens with zero attached hydrogens (tertiary/aromatic N) is 5. The van der Waals surface area contributed by atoms with Gasteiger partial charge in [-0.1, -0.05) is 30.3 Å². The fourth-order valence-electron chi connectivity index (χ4n) is 2.90. The molecule has 0 aliphatic carbocycles. The maximum Gasteiger partial charge on any atom is 0.251 e. The lowest BCUT2D eigenvalue weighted by molar-refractivity contribution is 0.0953. The fraction of sp³-hybridized carbons (Fsp3) is 0.150. The molecular weight excluding hydrogens is 354 g/mol. The Hall–Kier alpha value is -3.81. The fourth-order valence-corrected chi connectivity index (χ4v) is 2.90. The van der Waals surface area contributed by atoms with E-state index in [0.717, 1.165) is 22.6 Å². The molecule has 2 aromatic carbocycles. The van der Waals surface area contributed by atoms with Gasteiger partial charge in [0.2, 0.25) is 0 Å². The van der Waals surface area contributed by atoms with Crippen molar-refractivity contribution in [2.24, 2.45) is 0 Å². The van der Waals surface area contributed by atoms with Crippen LogP contribution in [0.2, 0.25) is 0 Å². The summed E-state index contributed by atoms with van der Waals surface area (Å²) in [5, 5.41) is 14.2. The van der Waals surface area contributed by atoms with Crippen LogP contribution in [0.25, 0.3) is 17.1 Å². The summed E-state index contributed by atoms with van der Waals surface area (Å²) in [5.74, 6) is 1.27. The molecule has 0 fully saturated rings. The number of aromatic nitrogens is 6. The number of carbonyl (C=O) groups is 1. The topological polar surface area (TPSA) is 101 Å². The first kappa shape index (κ1) is 17.6. The molecule has 0 aliphatic heterocycles. The Labute approximate surface area is 161 Å². The number of hydrogen-bond acceptors (Lipinski definition) is 5. The van der Waals surface area contributed by atoms with Gasteiger partial charge < -0.3 is 5.32 Å². The maximum atomic E-state index is 12.5. The molecule has 0 radical (unpaired) electrons. The molecule has 2 N–H and O–H groups in total. The van der Waals surface area contributed by atoms with Crippen molar-refractivity contribution in [3.8, 4) is 17.1 Å². The summed E-state index contributed by atoms with van der Waals surface area (Å²) in [5.41, 5.74) is 3.32. The number of H-pyrrole nitrogens is 1. The van der Waals surface area contributed by atoms with Crippen molar-refractivity contribution in [2.45, 2.75) is 13.3 Å². The van der Waals surface area contributed by atoms with Crippen LogP contribution in [0.3, 0.4) is 0 Å². The molecule has 0 aliphatic rings. The van der Waals surface area contributed by atoms with Crippen LogP contribution >= 0.6 is 0 Å². The van der Waals surface area contributed by atoms with Crippen LogP contribution in [-0.4, -0.2) is 42.4 Å². The predicted molar refractivity (Wildman–Crippen MR) is 104 cm³/mol. The minimum Gasteiger partial charge on any atom is -0.352 e. The van der Waals surface area contributed by atoms with E-state index in [1.165, 1.54) is 6.33 Å². The lowest BCUT2D eigenvalue weighted by Gasteiger charge is -2.09. The van der Waals surface area contributed by atoms with Gasteiger partial charge >= 0.3 is 0 Å². The number of hydrogen-bond donors (Lipinski definition) is 2. The normalized spacial score (nSPS) is 10.8. The SMILES string of the molecule is Cc1cc(-n2cncn2)ccc1C(=O)NCCc1nc(-c2ccccc2)n[nH]1. The monoisotopic (exact) mass is 373 g/mol. The average Bonchev–Trinajstić information content (AvgIpc) is 3.41. The van der Waals surface area contributed by atoms with Crippen LogP contribution in [0.15, 0.2) is 61.2 Å². The van der Waals surface area contributed by atoms with E-state index in [0.29, 0.717) is 24.4 Å². The Morgan fingerprint density at radius 1 is 1.18 bits per heavy atom. The zero-order valence-corrected chi connectivity index (χ0v) is 15.3. The van der Waals surface area contributed by atoms with Crippen LogP contribution in [0.4, 0.5) is 0 Å². The Morgan fingerprint density at radius 3 is 2.79 bits per heavy atom. The van der Waals surface area contributed by atoms with Crippen LogP contribution in [0, 0.1) is 6.92 Å². The first-order valence-corrected chi connectivity index (χ1v) is 8.91. The molecule has 4 aromatic rings. The maximum absolute atomic E-state index is 12.5. The summed E-state index contributed by atoms with van der Waals surface area (Å²) >= 11 is 0. The summed E-state index contributed by atoms with van der Waals surface area (Å²) < 4.78 is 1.66. The second-order valence-electron chi connectivity index (χ2n) is 6.32. The Balaban J connectivity index is 1.35. The van der Waals surface area contributed by atoms with E-state index >= 15 is 0 Å². The second kappa shape index (κ2) is 7.83. The largest absolute Gasteiger partial charge is 0.352 e. The van der Waals surface area contributed by atoms with Crippen LogP contribution in [-0.2, 0) is 6.42 Å². The Kier molecular flexibility index (Phi) is 4.92. The molecule has 0 atom stereocenters. The standard InChI is InChI=1S/C20H19N7O/c1-14-11-16(27-13-21-12-23-27)7-8-17(14)20(28)22-10-9-18-24-19(26-25-18)15-5-3-2-4-6-15/h2-8,11-13H,9-10H2,1H3,(H,22,28)(H,24,25,26). The third-order valence-corrected chi connectivity index (χ3v) is 4.35. The van der Waals surface area contributed by atoms with Gasteiger partial charge in [-0.15, -0.1) is 0 Å². The van der Waals surface area contributed by atoms with Crippen LogP contribution in [0.1, 0.15) is 21.7 Å². The van der Waals surface area contributed by atoms with E-state index < -0.39 is 0 Å². The molecule has 0 spiro atoms. The lowest BCUT2D eigenvalue weighted by Crippen LogP contribution is -2.26. The first-order chi connectivity index (χ1) is 13.7. The average molecular weight is 373 g/mol. The Morgan fingerprint density at radius 2 is 2.04 bits per heavy atom. The molecule has 2 aromatic heterocycles. The predicted octanol–water partition coefficient (Wildman–Crippen LogP) is 2.33. The molecule has 0 saturated heterocycles. The van der Waals surface area contributed by atoms with Gasteiger partial charge in [-0.05, 0) is 30.7 Å². The van der Waals surface area contributed by atoms with Crippen molar-refractivity contribution in [2.75, 3.05) is 6.54 Å². The highest BCUT2D eigenvalue weighted by molar-refractivity contribution is 5.95. The van der Waals surface area contributed by atoms with Crippen molar-refractivity contribution < 1.29 is 4.79 Å². The van der Waals surface area contributed by atoms with Gasteiger partial charge in [0.1, 0.15) is 18.5 Å². The lowest BCUT2D eigenvalue weighted by atomic mass is 10.1. The molecule has 0 saturated carbocycles. The highest BCUT2D eigenvalue weighted by Crippen LogP contribution is 2.15. The van der Waals surface area contributed by atoms with Gasteiger partial charge in [0, 0.05) is 24.1 Å². The minimum absolute atomic E-state index is 0.120. The van der Waals surface area contributed by atoms with Crippen molar-refractivity contribution in [3.05, 3.63) is 78.1 Å². The van der Waals surface area contributed by atoms with Gasteiger partial charge in [0.15, 0.2) is 5.82 Å². The van der Waals surface area contributed by atoms with Crippen LogP contribution in [0.5, 0.6) is 0 Å². The number of carbonyl (C=O) groups excluding carboxylic acids is 1. The van der Waals surface area contributed by atoms with Gasteiger partial charge in [0.25, 0.3) is 5.91 Å². The third kappa shape index (κ3) is 3.80. The number of aryl methyl sites for hydroxylation is 1. The molecule has 0 unspecified atom stereocenters. The summed E-state index contributed by atoms with van der Waals surface area (Å²) in [6, 6.07) is 15.3. The molecule has 0 bridgehead atoms. The number of aromatic amines is 1. The quantitative estimate of drug-likeness (QED) is 0.540. The van der Waals surface area contributed by atoms with Crippen molar-refractivity contribution in [1.29, 1.82) is 0 Å². The zero-order valence-electron chi connectivity index (χ0n) is 15.3. The van der Waals surface area contributed by atoms with E-state index in [2.05, 4.69) is 30.6 Å². The summed E-state index contributed by atoms with van der Waals surface area (Å²) in [6.45, 7) is 2.37. The smallest absolute Gasteiger partial charge is 0.251 e. The second-order valence-corrected chi connectivity index (χ2v) is 6.32. The highest BCUT2D eigenvalue weighted by atomic mass is 16.1. The summed E-state index contributed by atoms with van der Waals surface area (Å²) in [7, 11) is 0. The molecular formula is C20H19N7O. The van der Waals surface area contributed by atoms with Gasteiger partial charge in [-0.25, -0.2) is 14.6 Å². The van der Waals surface area contributed by atoms with Gasteiger partial charge in [-0.2, -0.15) is 10.2 Å². The van der Waals surface area contributed by atoms with Crippen molar-refractivity contribution >= 4 is 5.91 Å². The third-order valence-electron chi connectivity index (χ3n) is 4.35. The molecule has 28 heavy (non-hydrogen) atoms. The van der Waals surface area contributed by atoms with E-state index in [4.69, 9.17) is 0 Å². The number of amides is 1.